The van der Waals surface area contributed by atoms with E-state index in [0.29, 0.717) is 25.5 Å². The fourth-order valence-corrected chi connectivity index (χ4v) is 2.93. The van der Waals surface area contributed by atoms with Crippen molar-refractivity contribution in [3.05, 3.63) is 30.4 Å². The second-order valence-corrected chi connectivity index (χ2v) is 6.06. The zero-order valence-corrected chi connectivity index (χ0v) is 12.7. The molecule has 2 aromatic rings. The molecule has 1 aliphatic carbocycles. The average Bonchev–Trinajstić information content (AvgIpc) is 3.24. The van der Waals surface area contributed by atoms with Crippen LogP contribution in [0, 0.1) is 5.92 Å². The Balaban J connectivity index is 1.50. The van der Waals surface area contributed by atoms with Crippen LogP contribution in [0.25, 0.3) is 5.69 Å². The number of hydrogen-bond donors (Lipinski definition) is 0. The molecular formula is C15H18N6O2. The van der Waals surface area contributed by atoms with Crippen molar-refractivity contribution in [2.75, 3.05) is 19.8 Å². The first kappa shape index (κ1) is 14.3. The van der Waals surface area contributed by atoms with E-state index in [0.717, 1.165) is 18.0 Å². The van der Waals surface area contributed by atoms with E-state index in [1.165, 1.54) is 23.9 Å². The Labute approximate surface area is 133 Å². The van der Waals surface area contributed by atoms with Crippen LogP contribution in [0.4, 0.5) is 0 Å². The van der Waals surface area contributed by atoms with Gasteiger partial charge in [-0.2, -0.15) is 4.68 Å². The van der Waals surface area contributed by atoms with E-state index < -0.39 is 0 Å². The van der Waals surface area contributed by atoms with E-state index in [9.17, 15) is 4.79 Å². The highest BCUT2D eigenvalue weighted by atomic mass is 16.5. The lowest BCUT2D eigenvalue weighted by molar-refractivity contribution is -0.00599. The van der Waals surface area contributed by atoms with Gasteiger partial charge in [0.2, 0.25) is 0 Å². The van der Waals surface area contributed by atoms with Gasteiger partial charge in [-0.15, -0.1) is 5.10 Å². The van der Waals surface area contributed by atoms with Gasteiger partial charge in [0.25, 0.3) is 5.91 Å². The first-order valence-electron chi connectivity index (χ1n) is 7.89. The van der Waals surface area contributed by atoms with Crippen molar-refractivity contribution in [1.29, 1.82) is 0 Å². The predicted octanol–water partition coefficient (Wildman–Crippen LogP) is 0.698. The summed E-state index contributed by atoms with van der Waals surface area (Å²) in [6.45, 7) is 1.85. The van der Waals surface area contributed by atoms with Crippen LogP contribution in [0.2, 0.25) is 0 Å². The number of tetrazole rings is 1. The molecule has 2 aliphatic rings. The Morgan fingerprint density at radius 1 is 1.35 bits per heavy atom. The third-order valence-electron chi connectivity index (χ3n) is 4.37. The number of carbonyl (C=O) groups excluding carboxylic acids is 1. The van der Waals surface area contributed by atoms with Gasteiger partial charge in [0.15, 0.2) is 0 Å². The second kappa shape index (κ2) is 6.04. The number of nitrogens with zero attached hydrogens (tertiary/aromatic N) is 6. The zero-order valence-electron chi connectivity index (χ0n) is 12.7. The number of aromatic nitrogens is 5. The highest BCUT2D eigenvalue weighted by Gasteiger charge is 2.33. The maximum absolute atomic E-state index is 12.8. The molecule has 23 heavy (non-hydrogen) atoms. The molecule has 1 saturated carbocycles. The van der Waals surface area contributed by atoms with Crippen molar-refractivity contribution in [2.24, 2.45) is 5.92 Å². The van der Waals surface area contributed by atoms with Crippen LogP contribution in [0.15, 0.2) is 24.7 Å². The maximum Gasteiger partial charge on any atom is 0.272 e. The summed E-state index contributed by atoms with van der Waals surface area (Å²) >= 11 is 0. The predicted molar refractivity (Wildman–Crippen MR) is 79.9 cm³/mol. The second-order valence-electron chi connectivity index (χ2n) is 6.06. The number of morpholine rings is 1. The Hall–Kier alpha value is -2.35. The number of amides is 1. The average molecular weight is 314 g/mol. The van der Waals surface area contributed by atoms with Crippen LogP contribution < -0.4 is 0 Å². The van der Waals surface area contributed by atoms with Crippen LogP contribution in [-0.2, 0) is 4.74 Å². The number of hydrogen-bond acceptors (Lipinski definition) is 6. The van der Waals surface area contributed by atoms with Gasteiger partial charge >= 0.3 is 0 Å². The van der Waals surface area contributed by atoms with E-state index in [-0.39, 0.29) is 11.9 Å². The lowest BCUT2D eigenvalue weighted by atomic mass is 10.1. The fourth-order valence-electron chi connectivity index (χ4n) is 2.93. The quantitative estimate of drug-likeness (QED) is 0.825. The van der Waals surface area contributed by atoms with E-state index >= 15 is 0 Å². The number of carbonyl (C=O) groups is 1. The Kier molecular flexibility index (Phi) is 3.74. The van der Waals surface area contributed by atoms with Gasteiger partial charge in [-0.1, -0.05) is 12.8 Å². The van der Waals surface area contributed by atoms with Gasteiger partial charge in [-0.3, -0.25) is 4.79 Å². The molecule has 1 saturated heterocycles. The minimum absolute atomic E-state index is 0.0257. The molecule has 120 valence electrons. The monoisotopic (exact) mass is 314 g/mol. The molecule has 1 unspecified atom stereocenters. The largest absolute Gasteiger partial charge is 0.377 e. The normalized spacial score (nSPS) is 21.4. The van der Waals surface area contributed by atoms with Crippen LogP contribution in [0.3, 0.4) is 0 Å². The summed E-state index contributed by atoms with van der Waals surface area (Å²) in [5, 5.41) is 11.0. The van der Waals surface area contributed by atoms with Gasteiger partial charge in [0, 0.05) is 6.54 Å². The molecule has 2 aromatic heterocycles. The van der Waals surface area contributed by atoms with Gasteiger partial charge in [-0.25, -0.2) is 4.98 Å². The molecular weight excluding hydrogens is 296 g/mol. The highest BCUT2D eigenvalue weighted by molar-refractivity contribution is 5.92. The molecule has 1 aliphatic heterocycles. The van der Waals surface area contributed by atoms with Crippen molar-refractivity contribution in [2.45, 2.75) is 25.3 Å². The molecule has 8 nitrogen and oxygen atoms in total. The molecule has 0 bridgehead atoms. The molecule has 2 fully saturated rings. The van der Waals surface area contributed by atoms with E-state index in [1.807, 2.05) is 4.90 Å². The lowest BCUT2D eigenvalue weighted by Gasteiger charge is -2.35. The summed E-state index contributed by atoms with van der Waals surface area (Å²) in [6.07, 6.45) is 6.69. The summed E-state index contributed by atoms with van der Waals surface area (Å²) in [7, 11) is 0. The number of ether oxygens (including phenoxy) is 1. The summed E-state index contributed by atoms with van der Waals surface area (Å²) in [6, 6.07) is 3.69. The molecule has 1 amide bonds. The highest BCUT2D eigenvalue weighted by Crippen LogP contribution is 2.35. The van der Waals surface area contributed by atoms with Crippen molar-refractivity contribution in [3.63, 3.8) is 0 Å². The van der Waals surface area contributed by atoms with E-state index in [4.69, 9.17) is 4.74 Å². The molecule has 0 N–H and O–H groups in total. The number of rotatable bonds is 4. The van der Waals surface area contributed by atoms with Crippen molar-refractivity contribution < 1.29 is 9.53 Å². The molecule has 0 radical (unpaired) electrons. The van der Waals surface area contributed by atoms with Gasteiger partial charge in [0.1, 0.15) is 12.0 Å². The van der Waals surface area contributed by atoms with Crippen LogP contribution >= 0.6 is 0 Å². The molecule has 3 heterocycles. The SMILES string of the molecule is O=C(c1ccc(-n2cnnn2)cn1)N1CCOCC1CC1CC1. The van der Waals surface area contributed by atoms with Crippen LogP contribution in [-0.4, -0.2) is 61.8 Å². The fraction of sp³-hybridized carbons (Fsp3) is 0.533. The summed E-state index contributed by atoms with van der Waals surface area (Å²) < 4.78 is 7.06. The minimum Gasteiger partial charge on any atom is -0.377 e. The van der Waals surface area contributed by atoms with Crippen LogP contribution in [0.5, 0.6) is 0 Å². The zero-order chi connectivity index (χ0) is 15.6. The Morgan fingerprint density at radius 3 is 2.96 bits per heavy atom. The molecule has 0 spiro atoms. The topological polar surface area (TPSA) is 86.0 Å². The third kappa shape index (κ3) is 3.07. The van der Waals surface area contributed by atoms with E-state index in [2.05, 4.69) is 20.5 Å². The Bertz CT molecular complexity index is 668. The van der Waals surface area contributed by atoms with Crippen molar-refractivity contribution in [1.82, 2.24) is 30.1 Å². The van der Waals surface area contributed by atoms with Gasteiger partial charge in [-0.05, 0) is 34.9 Å². The van der Waals surface area contributed by atoms with Crippen molar-refractivity contribution >= 4 is 5.91 Å². The van der Waals surface area contributed by atoms with Crippen molar-refractivity contribution in [3.8, 4) is 5.69 Å². The first-order chi connectivity index (χ1) is 11.3. The van der Waals surface area contributed by atoms with Crippen LogP contribution in [0.1, 0.15) is 29.8 Å². The summed E-state index contributed by atoms with van der Waals surface area (Å²) in [5.74, 6) is 0.731. The summed E-state index contributed by atoms with van der Waals surface area (Å²) in [5.41, 5.74) is 1.17. The molecule has 1 atom stereocenters. The van der Waals surface area contributed by atoms with E-state index in [1.54, 1.807) is 18.3 Å². The number of pyridine rings is 1. The minimum atomic E-state index is -0.0257. The standard InChI is InChI=1S/C15H18N6O2/c22-15(20-5-6-23-9-13(20)7-11-1-2-11)14-4-3-12(8-16-14)21-10-17-18-19-21/h3-4,8,10-11,13H,1-2,5-7,9H2. The first-order valence-corrected chi connectivity index (χ1v) is 7.89. The van der Waals surface area contributed by atoms with Gasteiger partial charge in [0.05, 0.1) is 31.1 Å². The maximum atomic E-state index is 12.8. The third-order valence-corrected chi connectivity index (χ3v) is 4.37. The Morgan fingerprint density at radius 2 is 2.26 bits per heavy atom. The molecule has 4 rings (SSSR count). The smallest absolute Gasteiger partial charge is 0.272 e. The lowest BCUT2D eigenvalue weighted by Crippen LogP contribution is -2.49. The molecule has 0 aromatic carbocycles. The molecule has 8 heteroatoms. The summed E-state index contributed by atoms with van der Waals surface area (Å²) in [4.78, 5) is 19.0. The van der Waals surface area contributed by atoms with Gasteiger partial charge < -0.3 is 9.64 Å².